The van der Waals surface area contributed by atoms with Gasteiger partial charge in [0.15, 0.2) is 5.52 Å². The van der Waals surface area contributed by atoms with E-state index >= 15 is 0 Å². The second-order valence-electron chi connectivity index (χ2n) is 4.42. The van der Waals surface area contributed by atoms with Gasteiger partial charge in [0.05, 0.1) is 18.0 Å². The van der Waals surface area contributed by atoms with Gasteiger partial charge in [-0.05, 0) is 23.5 Å². The van der Waals surface area contributed by atoms with Crippen LogP contribution in [0.3, 0.4) is 0 Å². The summed E-state index contributed by atoms with van der Waals surface area (Å²) in [6, 6.07) is 10.2. The normalized spacial score (nSPS) is 10.8. The third kappa shape index (κ3) is 1.74. The molecule has 0 radical (unpaired) electrons. The zero-order chi connectivity index (χ0) is 12.5. The Hall–Kier alpha value is -2.29. The summed E-state index contributed by atoms with van der Waals surface area (Å²) >= 11 is 0. The van der Waals surface area contributed by atoms with Gasteiger partial charge in [-0.3, -0.25) is 4.98 Å². The fraction of sp³-hybridized carbons (Fsp3) is 0.133. The fourth-order valence-electron chi connectivity index (χ4n) is 2.14. The largest absolute Gasteiger partial charge is 0.331 e. The van der Waals surface area contributed by atoms with Crippen molar-refractivity contribution in [3.8, 4) is 11.4 Å². The molecule has 0 atom stereocenters. The molecule has 0 saturated carbocycles. The van der Waals surface area contributed by atoms with Gasteiger partial charge in [0, 0.05) is 18.5 Å². The maximum absolute atomic E-state index is 4.73. The Morgan fingerprint density at radius 3 is 2.78 bits per heavy atom. The minimum atomic E-state index is 0.973. The molecular weight excluding hydrogens is 222 g/mol. The molecule has 0 saturated heterocycles. The molecule has 0 spiro atoms. The van der Waals surface area contributed by atoms with Gasteiger partial charge in [0.1, 0.15) is 6.20 Å². The Bertz CT molecular complexity index is 720. The highest BCUT2D eigenvalue weighted by atomic mass is 15.0. The van der Waals surface area contributed by atoms with Crippen LogP contribution < -0.4 is 4.57 Å². The van der Waals surface area contributed by atoms with E-state index in [0.717, 1.165) is 16.7 Å². The molecule has 3 heteroatoms. The van der Waals surface area contributed by atoms with Crippen LogP contribution in [0.2, 0.25) is 0 Å². The number of nitrogens with zero attached hydrogens (tertiary/aromatic N) is 3. The fourth-order valence-corrected chi connectivity index (χ4v) is 2.14. The van der Waals surface area contributed by atoms with Crippen molar-refractivity contribution in [1.29, 1.82) is 0 Å². The smallest absolute Gasteiger partial charge is 0.264 e. The number of hydrogen-bond acceptors (Lipinski definition) is 2. The van der Waals surface area contributed by atoms with E-state index in [4.69, 9.17) is 4.98 Å². The average molecular weight is 236 g/mol. The summed E-state index contributed by atoms with van der Waals surface area (Å²) in [4.78, 5) is 8.85. The van der Waals surface area contributed by atoms with Crippen LogP contribution in [0.5, 0.6) is 0 Å². The van der Waals surface area contributed by atoms with Crippen LogP contribution in [0, 0.1) is 6.92 Å². The van der Waals surface area contributed by atoms with Crippen LogP contribution in [-0.2, 0) is 7.05 Å². The van der Waals surface area contributed by atoms with Crippen LogP contribution in [0.1, 0.15) is 5.56 Å². The summed E-state index contributed by atoms with van der Waals surface area (Å²) in [5.74, 6) is 0.979. The molecule has 0 amide bonds. The predicted octanol–water partition coefficient (Wildman–Crippen LogP) is 2.43. The van der Waals surface area contributed by atoms with Crippen LogP contribution in [0.4, 0.5) is 0 Å². The maximum atomic E-state index is 4.73. The van der Waals surface area contributed by atoms with Crippen molar-refractivity contribution in [2.45, 2.75) is 6.92 Å². The standard InChI is InChI=1S/C15H14N3/c1-11-5-3-4-6-13(11)15-17-14-7-8-16-9-12(14)10-18(15)2/h3-10H,1-2H3/q+1. The molecule has 18 heavy (non-hydrogen) atoms. The molecule has 0 N–H and O–H groups in total. The summed E-state index contributed by atoms with van der Waals surface area (Å²) in [5, 5.41) is 1.05. The number of aromatic nitrogens is 3. The lowest BCUT2D eigenvalue weighted by atomic mass is 10.1. The lowest BCUT2D eigenvalue weighted by molar-refractivity contribution is -0.661. The van der Waals surface area contributed by atoms with Gasteiger partial charge in [0.25, 0.3) is 0 Å². The minimum Gasteiger partial charge on any atom is -0.264 e. The maximum Gasteiger partial charge on any atom is 0.331 e. The minimum absolute atomic E-state index is 0.973. The number of pyridine rings is 1. The number of rotatable bonds is 1. The first-order chi connectivity index (χ1) is 8.75. The third-order valence-electron chi connectivity index (χ3n) is 3.11. The molecule has 1 aromatic carbocycles. The van der Waals surface area contributed by atoms with Crippen LogP contribution in [0.25, 0.3) is 22.3 Å². The van der Waals surface area contributed by atoms with Gasteiger partial charge in [-0.1, -0.05) is 18.2 Å². The zero-order valence-electron chi connectivity index (χ0n) is 10.5. The summed E-state index contributed by atoms with van der Waals surface area (Å²) in [5.41, 5.74) is 3.37. The molecule has 3 aromatic rings. The van der Waals surface area contributed by atoms with Gasteiger partial charge in [-0.2, -0.15) is 0 Å². The topological polar surface area (TPSA) is 29.7 Å². The van der Waals surface area contributed by atoms with Crippen molar-refractivity contribution in [3.63, 3.8) is 0 Å². The highest BCUT2D eigenvalue weighted by Crippen LogP contribution is 2.19. The number of benzene rings is 1. The molecule has 0 aliphatic heterocycles. The van der Waals surface area contributed by atoms with Gasteiger partial charge < -0.3 is 0 Å². The molecular formula is C15H14N3+. The second-order valence-corrected chi connectivity index (χ2v) is 4.42. The Labute approximate surface area is 106 Å². The second kappa shape index (κ2) is 4.18. The summed E-state index contributed by atoms with van der Waals surface area (Å²) in [6.45, 7) is 2.10. The molecule has 0 unspecified atom stereocenters. The average Bonchev–Trinajstić information content (AvgIpc) is 2.39. The molecule has 3 rings (SSSR count). The molecule has 0 aliphatic rings. The van der Waals surface area contributed by atoms with Crippen molar-refractivity contribution < 1.29 is 4.57 Å². The van der Waals surface area contributed by atoms with Crippen molar-refractivity contribution in [3.05, 3.63) is 54.5 Å². The van der Waals surface area contributed by atoms with E-state index in [1.165, 1.54) is 11.1 Å². The molecule has 88 valence electrons. The highest BCUT2D eigenvalue weighted by Gasteiger charge is 2.16. The van der Waals surface area contributed by atoms with Crippen LogP contribution in [-0.4, -0.2) is 9.97 Å². The van der Waals surface area contributed by atoms with Crippen LogP contribution in [0.15, 0.2) is 48.9 Å². The summed E-state index contributed by atoms with van der Waals surface area (Å²) < 4.78 is 2.05. The molecule has 2 heterocycles. The van der Waals surface area contributed by atoms with Gasteiger partial charge in [-0.15, -0.1) is 0 Å². The first kappa shape index (κ1) is 10.8. The Morgan fingerprint density at radius 2 is 1.94 bits per heavy atom. The molecule has 0 bridgehead atoms. The van der Waals surface area contributed by atoms with Crippen molar-refractivity contribution in [2.24, 2.45) is 7.05 Å². The Morgan fingerprint density at radius 1 is 1.11 bits per heavy atom. The monoisotopic (exact) mass is 236 g/mol. The number of aryl methyl sites for hydroxylation is 2. The van der Waals surface area contributed by atoms with Crippen molar-refractivity contribution >= 4 is 10.9 Å². The molecule has 2 aromatic heterocycles. The predicted molar refractivity (Wildman–Crippen MR) is 70.9 cm³/mol. The summed E-state index contributed by atoms with van der Waals surface area (Å²) in [6.07, 6.45) is 5.68. The summed E-state index contributed by atoms with van der Waals surface area (Å²) in [7, 11) is 2.02. The van der Waals surface area contributed by atoms with Crippen molar-refractivity contribution in [2.75, 3.05) is 0 Å². The first-order valence-corrected chi connectivity index (χ1v) is 5.92. The van der Waals surface area contributed by atoms with E-state index in [2.05, 4.69) is 30.2 Å². The van der Waals surface area contributed by atoms with Crippen LogP contribution >= 0.6 is 0 Å². The Balaban J connectivity index is 2.30. The number of hydrogen-bond donors (Lipinski definition) is 0. The van der Waals surface area contributed by atoms with Gasteiger partial charge >= 0.3 is 5.82 Å². The molecule has 0 fully saturated rings. The van der Waals surface area contributed by atoms with Gasteiger partial charge in [-0.25, -0.2) is 4.57 Å². The van der Waals surface area contributed by atoms with E-state index < -0.39 is 0 Å². The number of fused-ring (bicyclic) bond motifs is 1. The van der Waals surface area contributed by atoms with E-state index in [9.17, 15) is 0 Å². The Kier molecular flexibility index (Phi) is 2.52. The van der Waals surface area contributed by atoms with E-state index in [-0.39, 0.29) is 0 Å². The quantitative estimate of drug-likeness (QED) is 0.607. The third-order valence-corrected chi connectivity index (χ3v) is 3.11. The van der Waals surface area contributed by atoms with E-state index in [1.807, 2.05) is 36.0 Å². The molecule has 0 aliphatic carbocycles. The molecule has 3 nitrogen and oxygen atoms in total. The van der Waals surface area contributed by atoms with Crippen molar-refractivity contribution in [1.82, 2.24) is 9.97 Å². The lowest BCUT2D eigenvalue weighted by Crippen LogP contribution is -2.32. The first-order valence-electron chi connectivity index (χ1n) is 5.92. The zero-order valence-corrected chi connectivity index (χ0v) is 10.5. The highest BCUT2D eigenvalue weighted by molar-refractivity contribution is 5.77. The lowest BCUT2D eigenvalue weighted by Gasteiger charge is -2.03. The SMILES string of the molecule is Cc1ccccc1-c1nc2ccncc2c[n+]1C. The van der Waals surface area contributed by atoms with E-state index in [0.29, 0.717) is 0 Å². The van der Waals surface area contributed by atoms with E-state index in [1.54, 1.807) is 6.20 Å². The van der Waals surface area contributed by atoms with Gasteiger partial charge in [0.2, 0.25) is 0 Å².